The average molecular weight is 419 g/mol. The Morgan fingerprint density at radius 2 is 1.76 bits per heavy atom. The highest BCUT2D eigenvalue weighted by Gasteiger charge is 2.32. The van der Waals surface area contributed by atoms with Gasteiger partial charge >= 0.3 is 0 Å². The molecular weight excluding hydrogens is 391 g/mol. The molecule has 0 bridgehead atoms. The molecule has 0 radical (unpaired) electrons. The Morgan fingerprint density at radius 1 is 1.10 bits per heavy atom. The molecule has 2 atom stereocenters. The first-order valence-electron chi connectivity index (χ1n) is 9.77. The molecule has 0 saturated carbocycles. The molecule has 2 aromatic carbocycles. The predicted molar refractivity (Wildman–Crippen MR) is 112 cm³/mol. The lowest BCUT2D eigenvalue weighted by Gasteiger charge is -2.34. The summed E-state index contributed by atoms with van der Waals surface area (Å²) < 4.78 is 42.0. The molecule has 1 amide bonds. The van der Waals surface area contributed by atoms with Crippen LogP contribution in [0.5, 0.6) is 0 Å². The van der Waals surface area contributed by atoms with Crippen LogP contribution in [-0.4, -0.2) is 31.7 Å². The normalized spacial score (nSPS) is 20.4. The van der Waals surface area contributed by atoms with E-state index in [1.54, 1.807) is 12.1 Å². The summed E-state index contributed by atoms with van der Waals surface area (Å²) in [5.41, 5.74) is 2.15. The van der Waals surface area contributed by atoms with Crippen LogP contribution in [0.4, 0.5) is 10.1 Å². The predicted octanol–water partition coefficient (Wildman–Crippen LogP) is 4.36. The fourth-order valence-electron chi connectivity index (χ4n) is 3.87. The molecule has 1 heterocycles. The Kier molecular flexibility index (Phi) is 6.10. The number of carbonyl (C=O) groups excluding carboxylic acids is 1. The molecule has 0 aliphatic carbocycles. The van der Waals surface area contributed by atoms with Gasteiger partial charge in [-0.1, -0.05) is 26.0 Å². The number of sulfonamides is 1. The number of nitrogens with one attached hydrogen (secondary N) is 1. The van der Waals surface area contributed by atoms with Crippen LogP contribution in [0.2, 0.25) is 0 Å². The molecule has 1 saturated heterocycles. The average Bonchev–Trinajstić information content (AvgIpc) is 2.64. The number of aryl methyl sites for hydroxylation is 1. The number of halogens is 1. The molecule has 0 aromatic heterocycles. The summed E-state index contributed by atoms with van der Waals surface area (Å²) in [5.74, 6) is -0.928. The van der Waals surface area contributed by atoms with Gasteiger partial charge in [-0.2, -0.15) is 4.31 Å². The van der Waals surface area contributed by atoms with Crippen molar-refractivity contribution in [3.05, 3.63) is 58.9 Å². The van der Waals surface area contributed by atoms with Crippen LogP contribution in [0.3, 0.4) is 0 Å². The summed E-state index contributed by atoms with van der Waals surface area (Å²) in [5, 5.41) is 2.69. The Labute approximate surface area is 172 Å². The minimum Gasteiger partial charge on any atom is -0.322 e. The maximum absolute atomic E-state index is 14.4. The maximum atomic E-state index is 14.4. The standard InChI is InChI=1S/C22H27FN2O3S/c1-14-10-15(2)13-25(12-14)29(27,28)18-8-9-20(23)19(11-18)22(26)24-21-7-5-6-16(3)17(21)4/h5-9,11,14-15H,10,12-13H2,1-4H3,(H,24,26)/t14-,15-/m1/s1. The monoisotopic (exact) mass is 418 g/mol. The van der Waals surface area contributed by atoms with Crippen LogP contribution in [0.1, 0.15) is 41.8 Å². The fraction of sp³-hybridized carbons (Fsp3) is 0.409. The van der Waals surface area contributed by atoms with Gasteiger partial charge < -0.3 is 5.32 Å². The molecule has 7 heteroatoms. The molecule has 0 unspecified atom stereocenters. The molecule has 1 aliphatic heterocycles. The van der Waals surface area contributed by atoms with E-state index in [2.05, 4.69) is 5.32 Å². The summed E-state index contributed by atoms with van der Waals surface area (Å²) in [6.45, 7) is 8.67. The van der Waals surface area contributed by atoms with Crippen molar-refractivity contribution in [2.75, 3.05) is 18.4 Å². The van der Waals surface area contributed by atoms with Gasteiger partial charge in [0.2, 0.25) is 10.0 Å². The van der Waals surface area contributed by atoms with Crippen molar-refractivity contribution in [2.24, 2.45) is 11.8 Å². The number of hydrogen-bond acceptors (Lipinski definition) is 3. The van der Waals surface area contributed by atoms with Crippen molar-refractivity contribution in [3.8, 4) is 0 Å². The molecule has 156 valence electrons. The van der Waals surface area contributed by atoms with Crippen molar-refractivity contribution in [2.45, 2.75) is 39.0 Å². The molecule has 1 aliphatic rings. The molecule has 5 nitrogen and oxygen atoms in total. The SMILES string of the molecule is Cc1cccc(NC(=O)c2cc(S(=O)(=O)N3C[C@H](C)C[C@@H](C)C3)ccc2F)c1C. The van der Waals surface area contributed by atoms with Crippen molar-refractivity contribution in [3.63, 3.8) is 0 Å². The van der Waals surface area contributed by atoms with E-state index in [-0.39, 0.29) is 22.3 Å². The van der Waals surface area contributed by atoms with Crippen LogP contribution < -0.4 is 5.32 Å². The van der Waals surface area contributed by atoms with Crippen molar-refractivity contribution in [1.82, 2.24) is 4.31 Å². The van der Waals surface area contributed by atoms with E-state index in [4.69, 9.17) is 0 Å². The first-order valence-corrected chi connectivity index (χ1v) is 11.2. The highest BCUT2D eigenvalue weighted by Crippen LogP contribution is 2.28. The third kappa shape index (κ3) is 4.51. The fourth-order valence-corrected chi connectivity index (χ4v) is 5.57. The molecule has 3 rings (SSSR count). The van der Waals surface area contributed by atoms with Gasteiger partial charge in [-0.05, 0) is 67.5 Å². The largest absolute Gasteiger partial charge is 0.322 e. The second-order valence-electron chi connectivity index (χ2n) is 8.11. The van der Waals surface area contributed by atoms with E-state index in [0.717, 1.165) is 29.7 Å². The second-order valence-corrected chi connectivity index (χ2v) is 10.0. The minimum absolute atomic E-state index is 0.0636. The van der Waals surface area contributed by atoms with Crippen LogP contribution >= 0.6 is 0 Å². The van der Waals surface area contributed by atoms with E-state index < -0.39 is 21.7 Å². The second kappa shape index (κ2) is 8.24. The lowest BCUT2D eigenvalue weighted by molar-refractivity contribution is 0.102. The Hall–Kier alpha value is -2.25. The maximum Gasteiger partial charge on any atom is 0.258 e. The van der Waals surface area contributed by atoms with Gasteiger partial charge in [-0.25, -0.2) is 12.8 Å². The lowest BCUT2D eigenvalue weighted by atomic mass is 9.94. The summed E-state index contributed by atoms with van der Waals surface area (Å²) in [7, 11) is -3.80. The Bertz CT molecular complexity index is 1030. The van der Waals surface area contributed by atoms with Crippen LogP contribution in [-0.2, 0) is 10.0 Å². The molecule has 1 fully saturated rings. The number of benzene rings is 2. The van der Waals surface area contributed by atoms with Crippen molar-refractivity contribution < 1.29 is 17.6 Å². The summed E-state index contributed by atoms with van der Waals surface area (Å²) >= 11 is 0. The number of amides is 1. The third-order valence-electron chi connectivity index (χ3n) is 5.51. The van der Waals surface area contributed by atoms with Crippen LogP contribution in [0.25, 0.3) is 0 Å². The van der Waals surface area contributed by atoms with E-state index in [9.17, 15) is 17.6 Å². The van der Waals surface area contributed by atoms with Gasteiger partial charge in [-0.3, -0.25) is 4.79 Å². The molecule has 1 N–H and O–H groups in total. The highest BCUT2D eigenvalue weighted by atomic mass is 32.2. The highest BCUT2D eigenvalue weighted by molar-refractivity contribution is 7.89. The number of nitrogens with zero attached hydrogens (tertiary/aromatic N) is 1. The van der Waals surface area contributed by atoms with E-state index in [1.807, 2.05) is 33.8 Å². The minimum atomic E-state index is -3.80. The molecular formula is C22H27FN2O3S. The number of rotatable bonds is 4. The van der Waals surface area contributed by atoms with Gasteiger partial charge in [-0.15, -0.1) is 0 Å². The smallest absolute Gasteiger partial charge is 0.258 e. The van der Waals surface area contributed by atoms with Gasteiger partial charge in [0, 0.05) is 18.8 Å². The molecule has 29 heavy (non-hydrogen) atoms. The first kappa shape index (κ1) is 21.5. The van der Waals surface area contributed by atoms with Crippen molar-refractivity contribution in [1.29, 1.82) is 0 Å². The number of piperidine rings is 1. The van der Waals surface area contributed by atoms with Gasteiger partial charge in [0.05, 0.1) is 10.5 Å². The molecule has 2 aromatic rings. The zero-order chi connectivity index (χ0) is 21.3. The van der Waals surface area contributed by atoms with Crippen molar-refractivity contribution >= 4 is 21.6 Å². The molecule has 0 spiro atoms. The Morgan fingerprint density at radius 3 is 2.41 bits per heavy atom. The van der Waals surface area contributed by atoms with Crippen LogP contribution in [0.15, 0.2) is 41.3 Å². The van der Waals surface area contributed by atoms with E-state index >= 15 is 0 Å². The zero-order valence-corrected chi connectivity index (χ0v) is 18.0. The third-order valence-corrected chi connectivity index (χ3v) is 7.34. The number of hydrogen-bond donors (Lipinski definition) is 1. The number of anilines is 1. The van der Waals surface area contributed by atoms with E-state index in [0.29, 0.717) is 18.8 Å². The first-order chi connectivity index (χ1) is 13.6. The zero-order valence-electron chi connectivity index (χ0n) is 17.2. The lowest BCUT2D eigenvalue weighted by Crippen LogP contribution is -2.42. The van der Waals surface area contributed by atoms with Gasteiger partial charge in [0.1, 0.15) is 5.82 Å². The Balaban J connectivity index is 1.91. The van der Waals surface area contributed by atoms with Crippen LogP contribution in [0, 0.1) is 31.5 Å². The van der Waals surface area contributed by atoms with Gasteiger partial charge in [0.25, 0.3) is 5.91 Å². The quantitative estimate of drug-likeness (QED) is 0.802. The summed E-state index contributed by atoms with van der Waals surface area (Å²) in [6, 6.07) is 8.85. The topological polar surface area (TPSA) is 66.5 Å². The van der Waals surface area contributed by atoms with E-state index in [1.165, 1.54) is 10.4 Å². The summed E-state index contributed by atoms with van der Waals surface area (Å²) in [4.78, 5) is 12.6. The summed E-state index contributed by atoms with van der Waals surface area (Å²) in [6.07, 6.45) is 0.971. The number of carbonyl (C=O) groups is 1. The van der Waals surface area contributed by atoms with Gasteiger partial charge in [0.15, 0.2) is 0 Å².